The number of Topliss-reactive ketones (excluding diaryl/α,β-unsaturated/α-hetero) is 1. The fraction of sp³-hybridized carbons (Fsp3) is 0.360. The zero-order valence-corrected chi connectivity index (χ0v) is 17.5. The Balaban J connectivity index is 1.87. The molecule has 0 radical (unpaired) electrons. The second-order valence-corrected chi connectivity index (χ2v) is 8.90. The summed E-state index contributed by atoms with van der Waals surface area (Å²) in [6, 6.07) is 15.7. The Morgan fingerprint density at radius 1 is 1.03 bits per heavy atom. The first kappa shape index (κ1) is 19.4. The molecule has 1 unspecified atom stereocenters. The molecule has 1 aliphatic carbocycles. The number of carbonyl (C=O) groups excluding carboxylic acids is 2. The molecule has 2 aromatic rings. The highest BCUT2D eigenvalue weighted by Crippen LogP contribution is 2.48. The first-order valence-electron chi connectivity index (χ1n) is 10.1. The number of ketones is 1. The number of benzene rings is 2. The zero-order chi connectivity index (χ0) is 20.8. The number of ether oxygens (including phenoxy) is 1. The third-order valence-electron chi connectivity index (χ3n) is 5.92. The summed E-state index contributed by atoms with van der Waals surface area (Å²) in [7, 11) is 1.63. The van der Waals surface area contributed by atoms with Crippen molar-refractivity contribution >= 4 is 17.4 Å². The Morgan fingerprint density at radius 2 is 1.76 bits per heavy atom. The molecule has 0 aromatic heterocycles. The van der Waals surface area contributed by atoms with Gasteiger partial charge in [-0.15, -0.1) is 0 Å². The molecule has 1 amide bonds. The predicted molar refractivity (Wildman–Crippen MR) is 114 cm³/mol. The molecule has 0 fully saturated rings. The van der Waals surface area contributed by atoms with Crippen molar-refractivity contribution in [3.63, 3.8) is 0 Å². The molecule has 4 nitrogen and oxygen atoms in total. The van der Waals surface area contributed by atoms with E-state index in [0.29, 0.717) is 19.3 Å². The molecule has 29 heavy (non-hydrogen) atoms. The number of methoxy groups -OCH3 is 1. The van der Waals surface area contributed by atoms with Crippen LogP contribution in [0.4, 0.5) is 5.69 Å². The van der Waals surface area contributed by atoms with Gasteiger partial charge >= 0.3 is 0 Å². The lowest BCUT2D eigenvalue weighted by atomic mass is 9.69. The molecule has 4 heteroatoms. The predicted octanol–water partition coefficient (Wildman–Crippen LogP) is 5.17. The van der Waals surface area contributed by atoms with Crippen LogP contribution in [0.5, 0.6) is 5.75 Å². The molecule has 0 N–H and O–H groups in total. The largest absolute Gasteiger partial charge is 0.497 e. The Kier molecular flexibility index (Phi) is 4.81. The molecule has 2 aromatic carbocycles. The second kappa shape index (κ2) is 7.18. The minimum Gasteiger partial charge on any atom is -0.497 e. The van der Waals surface area contributed by atoms with Crippen molar-refractivity contribution in [2.24, 2.45) is 5.41 Å². The van der Waals surface area contributed by atoms with E-state index in [1.165, 1.54) is 0 Å². The van der Waals surface area contributed by atoms with Gasteiger partial charge in [-0.05, 0) is 54.2 Å². The molecule has 0 spiro atoms. The van der Waals surface area contributed by atoms with E-state index in [1.54, 1.807) is 12.0 Å². The van der Waals surface area contributed by atoms with Gasteiger partial charge in [0.25, 0.3) is 0 Å². The van der Waals surface area contributed by atoms with Gasteiger partial charge in [0.15, 0.2) is 5.78 Å². The Hall–Kier alpha value is -2.88. The standard InChI is InChI=1S/C25H27NO3/c1-16-6-5-7-18(12-16)26-21-14-25(2,3)15-22(27)24(21)20(13-23(26)28)17-8-10-19(29-4)11-9-17/h5-12,20H,13-15H2,1-4H3. The van der Waals surface area contributed by atoms with Crippen LogP contribution in [-0.4, -0.2) is 18.8 Å². The Bertz CT molecular complexity index is 1000. The number of hydrogen-bond donors (Lipinski definition) is 0. The normalized spacial score (nSPS) is 21.2. The lowest BCUT2D eigenvalue weighted by molar-refractivity contribution is -0.121. The van der Waals surface area contributed by atoms with E-state index >= 15 is 0 Å². The fourth-order valence-corrected chi connectivity index (χ4v) is 4.60. The molecule has 150 valence electrons. The number of carbonyl (C=O) groups is 2. The number of rotatable bonds is 3. The summed E-state index contributed by atoms with van der Waals surface area (Å²) in [5, 5.41) is 0. The van der Waals surface area contributed by atoms with Crippen molar-refractivity contribution in [2.45, 2.75) is 46.0 Å². The monoisotopic (exact) mass is 389 g/mol. The van der Waals surface area contributed by atoms with E-state index in [4.69, 9.17) is 4.74 Å². The Morgan fingerprint density at radius 3 is 2.41 bits per heavy atom. The maximum atomic E-state index is 13.3. The van der Waals surface area contributed by atoms with Crippen molar-refractivity contribution in [3.05, 3.63) is 70.9 Å². The summed E-state index contributed by atoms with van der Waals surface area (Å²) in [4.78, 5) is 28.4. The SMILES string of the molecule is COc1ccc(C2CC(=O)N(c3cccc(C)c3)C3=C2C(=O)CC(C)(C)C3)cc1. The maximum Gasteiger partial charge on any atom is 0.232 e. The van der Waals surface area contributed by atoms with Crippen LogP contribution in [0.25, 0.3) is 0 Å². The van der Waals surface area contributed by atoms with Crippen LogP contribution < -0.4 is 9.64 Å². The van der Waals surface area contributed by atoms with E-state index < -0.39 is 0 Å². The fourth-order valence-electron chi connectivity index (χ4n) is 4.60. The first-order chi connectivity index (χ1) is 13.8. The highest BCUT2D eigenvalue weighted by Gasteiger charge is 2.44. The minimum atomic E-state index is -0.201. The molecule has 1 heterocycles. The van der Waals surface area contributed by atoms with Crippen LogP contribution in [0.15, 0.2) is 59.8 Å². The number of aryl methyl sites for hydroxylation is 1. The van der Waals surface area contributed by atoms with Gasteiger partial charge in [-0.1, -0.05) is 38.1 Å². The highest BCUT2D eigenvalue weighted by molar-refractivity contribution is 6.07. The van der Waals surface area contributed by atoms with Crippen LogP contribution in [0, 0.1) is 12.3 Å². The van der Waals surface area contributed by atoms with Gasteiger partial charge in [0.2, 0.25) is 5.91 Å². The summed E-state index contributed by atoms with van der Waals surface area (Å²) in [5.41, 5.74) is 4.44. The van der Waals surface area contributed by atoms with Gasteiger partial charge < -0.3 is 4.74 Å². The maximum absolute atomic E-state index is 13.3. The van der Waals surface area contributed by atoms with E-state index in [1.807, 2.05) is 55.5 Å². The summed E-state index contributed by atoms with van der Waals surface area (Å²) >= 11 is 0. The summed E-state index contributed by atoms with van der Waals surface area (Å²) in [5.74, 6) is 0.763. The van der Waals surface area contributed by atoms with Crippen LogP contribution >= 0.6 is 0 Å². The van der Waals surface area contributed by atoms with Gasteiger partial charge in [0.1, 0.15) is 5.75 Å². The number of anilines is 1. The number of amides is 1. The van der Waals surface area contributed by atoms with Crippen molar-refractivity contribution in [2.75, 3.05) is 12.0 Å². The van der Waals surface area contributed by atoms with E-state index in [9.17, 15) is 9.59 Å². The van der Waals surface area contributed by atoms with Crippen LogP contribution in [0.1, 0.15) is 50.2 Å². The Labute approximate surface area is 172 Å². The summed E-state index contributed by atoms with van der Waals surface area (Å²) in [6.45, 7) is 6.22. The number of nitrogens with zero attached hydrogens (tertiary/aromatic N) is 1. The summed E-state index contributed by atoms with van der Waals surface area (Å²) < 4.78 is 5.26. The zero-order valence-electron chi connectivity index (χ0n) is 17.5. The van der Waals surface area contributed by atoms with Gasteiger partial charge in [-0.3, -0.25) is 14.5 Å². The lowest BCUT2D eigenvalue weighted by Gasteiger charge is -2.43. The smallest absolute Gasteiger partial charge is 0.232 e. The minimum absolute atomic E-state index is 0.0423. The van der Waals surface area contributed by atoms with Crippen LogP contribution in [-0.2, 0) is 9.59 Å². The van der Waals surface area contributed by atoms with E-state index in [2.05, 4.69) is 13.8 Å². The van der Waals surface area contributed by atoms with E-state index in [-0.39, 0.29) is 23.0 Å². The third kappa shape index (κ3) is 3.59. The first-order valence-corrected chi connectivity index (χ1v) is 10.1. The van der Waals surface area contributed by atoms with Gasteiger partial charge in [0.05, 0.1) is 7.11 Å². The van der Waals surface area contributed by atoms with Crippen molar-refractivity contribution in [1.82, 2.24) is 0 Å². The second-order valence-electron chi connectivity index (χ2n) is 8.90. The summed E-state index contributed by atoms with van der Waals surface area (Å²) in [6.07, 6.45) is 1.51. The average molecular weight is 389 g/mol. The van der Waals surface area contributed by atoms with Crippen LogP contribution in [0.3, 0.4) is 0 Å². The molecule has 0 bridgehead atoms. The van der Waals surface area contributed by atoms with Crippen LogP contribution in [0.2, 0.25) is 0 Å². The molecule has 4 rings (SSSR count). The molecule has 0 saturated carbocycles. The third-order valence-corrected chi connectivity index (χ3v) is 5.92. The number of hydrogen-bond acceptors (Lipinski definition) is 3. The topological polar surface area (TPSA) is 46.6 Å². The van der Waals surface area contributed by atoms with Gasteiger partial charge in [-0.25, -0.2) is 0 Å². The number of allylic oxidation sites excluding steroid dienone is 2. The van der Waals surface area contributed by atoms with Crippen molar-refractivity contribution in [1.29, 1.82) is 0 Å². The molecule has 1 atom stereocenters. The molecular formula is C25H27NO3. The molecule has 1 aliphatic heterocycles. The lowest BCUT2D eigenvalue weighted by Crippen LogP contribution is -2.43. The van der Waals surface area contributed by atoms with E-state index in [0.717, 1.165) is 33.8 Å². The molecule has 2 aliphatic rings. The average Bonchev–Trinajstić information content (AvgIpc) is 2.66. The van der Waals surface area contributed by atoms with Crippen molar-refractivity contribution < 1.29 is 14.3 Å². The van der Waals surface area contributed by atoms with Crippen molar-refractivity contribution in [3.8, 4) is 5.75 Å². The molecule has 0 saturated heterocycles. The highest BCUT2D eigenvalue weighted by atomic mass is 16.5. The quantitative estimate of drug-likeness (QED) is 0.728. The molecular weight excluding hydrogens is 362 g/mol. The van der Waals surface area contributed by atoms with Gasteiger partial charge in [0, 0.05) is 35.7 Å². The van der Waals surface area contributed by atoms with Gasteiger partial charge in [-0.2, -0.15) is 0 Å².